The lowest BCUT2D eigenvalue weighted by atomic mass is 10.4. The molecule has 2 N–H and O–H groups in total. The lowest BCUT2D eigenvalue weighted by Crippen LogP contribution is -2.45. The van der Waals surface area contributed by atoms with Gasteiger partial charge < -0.3 is 10.1 Å². The van der Waals surface area contributed by atoms with Crippen LogP contribution in [0, 0.1) is 0 Å². The lowest BCUT2D eigenvalue weighted by Gasteiger charge is -2.12. The van der Waals surface area contributed by atoms with E-state index in [1.54, 1.807) is 6.92 Å². The van der Waals surface area contributed by atoms with Crippen LogP contribution in [0.15, 0.2) is 0 Å². The second-order valence-electron chi connectivity index (χ2n) is 2.51. The van der Waals surface area contributed by atoms with Crippen molar-refractivity contribution in [3.8, 4) is 0 Å². The van der Waals surface area contributed by atoms with Gasteiger partial charge in [0.2, 0.25) is 5.91 Å². The summed E-state index contributed by atoms with van der Waals surface area (Å²) in [5, 5.41) is 4.53. The molecule has 5 nitrogen and oxygen atoms in total. The summed E-state index contributed by atoms with van der Waals surface area (Å²) >= 11 is 5.18. The predicted octanol–water partition coefficient (Wildman–Crippen LogP) is 0.0859. The number of alkyl halides is 1. The second kappa shape index (κ2) is 6.68. The summed E-state index contributed by atoms with van der Waals surface area (Å²) in [6, 6.07) is -0.705. The van der Waals surface area contributed by atoms with Crippen LogP contribution < -0.4 is 10.6 Å². The Balaban J connectivity index is 3.67. The molecule has 0 aromatic carbocycles. The molecule has 3 amide bonds. The minimum Gasteiger partial charge on any atom is -0.383 e. The van der Waals surface area contributed by atoms with E-state index in [1.165, 1.54) is 7.11 Å². The number of rotatable bonds is 4. The van der Waals surface area contributed by atoms with Crippen LogP contribution in [0.25, 0.3) is 0 Å². The van der Waals surface area contributed by atoms with Crippen molar-refractivity contribution in [2.45, 2.75) is 13.0 Å². The summed E-state index contributed by atoms with van der Waals surface area (Å²) in [4.78, 5) is 21.6. The topological polar surface area (TPSA) is 67.4 Å². The molecule has 0 aromatic heterocycles. The number of carbonyl (C=O) groups is 2. The number of methoxy groups -OCH3 is 1. The standard InChI is InChI=1S/C7H13ClN2O3/c1-5(4-13-2)9-7(12)10-6(11)3-8/h5H,3-4H2,1-2H3,(H2,9,10,11,12)/t5-/m0/s1. The van der Waals surface area contributed by atoms with Gasteiger partial charge in [-0.15, -0.1) is 11.6 Å². The summed E-state index contributed by atoms with van der Waals surface area (Å²) < 4.78 is 4.78. The minimum absolute atomic E-state index is 0.145. The second-order valence-corrected chi connectivity index (χ2v) is 2.78. The molecule has 0 aliphatic carbocycles. The van der Waals surface area contributed by atoms with Gasteiger partial charge in [-0.3, -0.25) is 10.1 Å². The largest absolute Gasteiger partial charge is 0.383 e. The fourth-order valence-electron chi connectivity index (χ4n) is 0.712. The van der Waals surface area contributed by atoms with Crippen LogP contribution in [-0.4, -0.2) is 37.6 Å². The van der Waals surface area contributed by atoms with Crippen molar-refractivity contribution in [3.05, 3.63) is 0 Å². The molecule has 0 rings (SSSR count). The molecule has 0 saturated heterocycles. The number of carbonyl (C=O) groups excluding carboxylic acids is 2. The van der Waals surface area contributed by atoms with Crippen LogP contribution in [0.3, 0.4) is 0 Å². The van der Waals surface area contributed by atoms with Crippen molar-refractivity contribution in [1.82, 2.24) is 10.6 Å². The van der Waals surface area contributed by atoms with Gasteiger partial charge in [0.1, 0.15) is 5.88 Å². The van der Waals surface area contributed by atoms with E-state index in [1.807, 2.05) is 5.32 Å². The molecule has 0 aliphatic heterocycles. The van der Waals surface area contributed by atoms with Gasteiger partial charge in [0, 0.05) is 7.11 Å². The molecule has 0 radical (unpaired) electrons. The maximum Gasteiger partial charge on any atom is 0.321 e. The molecule has 76 valence electrons. The zero-order valence-electron chi connectivity index (χ0n) is 7.59. The first-order valence-electron chi connectivity index (χ1n) is 3.75. The van der Waals surface area contributed by atoms with Gasteiger partial charge in [-0.25, -0.2) is 4.79 Å². The first-order valence-corrected chi connectivity index (χ1v) is 4.28. The number of halogens is 1. The number of urea groups is 1. The highest BCUT2D eigenvalue weighted by Gasteiger charge is 2.08. The Bertz CT molecular complexity index is 187. The average Bonchev–Trinajstić information content (AvgIpc) is 2.04. The molecule has 0 saturated carbocycles. The van der Waals surface area contributed by atoms with Crippen molar-refractivity contribution >= 4 is 23.5 Å². The van der Waals surface area contributed by atoms with Crippen LogP contribution >= 0.6 is 11.6 Å². The predicted molar refractivity (Wildman–Crippen MR) is 48.7 cm³/mol. The van der Waals surface area contributed by atoms with Crippen LogP contribution in [0.5, 0.6) is 0 Å². The van der Waals surface area contributed by atoms with Gasteiger partial charge in [0.05, 0.1) is 12.6 Å². The van der Waals surface area contributed by atoms with E-state index in [0.29, 0.717) is 6.61 Å². The maximum atomic E-state index is 10.9. The summed E-state index contributed by atoms with van der Waals surface area (Å²) in [6.07, 6.45) is 0. The van der Waals surface area contributed by atoms with E-state index in [4.69, 9.17) is 16.3 Å². The van der Waals surface area contributed by atoms with Crippen molar-refractivity contribution in [1.29, 1.82) is 0 Å². The van der Waals surface area contributed by atoms with Crippen LogP contribution in [-0.2, 0) is 9.53 Å². The van der Waals surface area contributed by atoms with E-state index in [9.17, 15) is 9.59 Å². The normalized spacial score (nSPS) is 11.9. The SMILES string of the molecule is COC[C@H](C)NC(=O)NC(=O)CCl. The molecule has 0 aliphatic rings. The van der Waals surface area contributed by atoms with Crippen LogP contribution in [0.4, 0.5) is 4.79 Å². The zero-order valence-corrected chi connectivity index (χ0v) is 8.35. The minimum atomic E-state index is -0.560. The highest BCUT2D eigenvalue weighted by Crippen LogP contribution is 1.82. The molecule has 0 fully saturated rings. The molecule has 0 spiro atoms. The van der Waals surface area contributed by atoms with Gasteiger partial charge in [0.25, 0.3) is 0 Å². The lowest BCUT2D eigenvalue weighted by molar-refractivity contribution is -0.117. The Kier molecular flexibility index (Phi) is 6.26. The quantitative estimate of drug-likeness (QED) is 0.644. The molecular weight excluding hydrogens is 196 g/mol. The van der Waals surface area contributed by atoms with Gasteiger partial charge in [-0.05, 0) is 6.92 Å². The highest BCUT2D eigenvalue weighted by molar-refractivity contribution is 6.28. The number of ether oxygens (including phenoxy) is 1. The van der Waals surface area contributed by atoms with Gasteiger partial charge >= 0.3 is 6.03 Å². The van der Waals surface area contributed by atoms with Gasteiger partial charge in [0.15, 0.2) is 0 Å². The van der Waals surface area contributed by atoms with Crippen LogP contribution in [0.2, 0.25) is 0 Å². The Hall–Kier alpha value is -0.810. The third kappa shape index (κ3) is 6.36. The third-order valence-electron chi connectivity index (χ3n) is 1.17. The van der Waals surface area contributed by atoms with Gasteiger partial charge in [-0.2, -0.15) is 0 Å². The Labute approximate surface area is 81.8 Å². The number of hydrogen-bond acceptors (Lipinski definition) is 3. The first kappa shape index (κ1) is 12.2. The molecule has 13 heavy (non-hydrogen) atoms. The fourth-order valence-corrected chi connectivity index (χ4v) is 0.778. The average molecular weight is 209 g/mol. The number of nitrogens with one attached hydrogen (secondary N) is 2. The van der Waals surface area contributed by atoms with E-state index in [2.05, 4.69) is 5.32 Å². The smallest absolute Gasteiger partial charge is 0.321 e. The monoisotopic (exact) mass is 208 g/mol. The molecule has 0 bridgehead atoms. The Morgan fingerprint density at radius 3 is 2.62 bits per heavy atom. The summed E-state index contributed by atoms with van der Waals surface area (Å²) in [6.45, 7) is 2.15. The Morgan fingerprint density at radius 1 is 1.54 bits per heavy atom. The molecule has 0 aromatic rings. The highest BCUT2D eigenvalue weighted by atomic mass is 35.5. The number of hydrogen-bond donors (Lipinski definition) is 2. The molecule has 6 heteroatoms. The first-order chi connectivity index (χ1) is 6.10. The van der Waals surface area contributed by atoms with Crippen molar-refractivity contribution in [2.75, 3.05) is 19.6 Å². The van der Waals surface area contributed by atoms with Crippen molar-refractivity contribution in [2.24, 2.45) is 0 Å². The third-order valence-corrected chi connectivity index (χ3v) is 1.41. The van der Waals surface area contributed by atoms with E-state index in [-0.39, 0.29) is 11.9 Å². The van der Waals surface area contributed by atoms with E-state index < -0.39 is 11.9 Å². The summed E-state index contributed by atoms with van der Waals surface area (Å²) in [5.41, 5.74) is 0. The van der Waals surface area contributed by atoms with Crippen LogP contribution in [0.1, 0.15) is 6.92 Å². The zero-order chi connectivity index (χ0) is 10.3. The number of imide groups is 1. The van der Waals surface area contributed by atoms with E-state index >= 15 is 0 Å². The van der Waals surface area contributed by atoms with Crippen molar-refractivity contribution in [3.63, 3.8) is 0 Å². The Morgan fingerprint density at radius 2 is 2.15 bits per heavy atom. The summed E-state index contributed by atoms with van der Waals surface area (Å²) in [7, 11) is 1.53. The number of amides is 3. The van der Waals surface area contributed by atoms with Gasteiger partial charge in [-0.1, -0.05) is 0 Å². The van der Waals surface area contributed by atoms with Crippen molar-refractivity contribution < 1.29 is 14.3 Å². The summed E-state index contributed by atoms with van der Waals surface area (Å²) in [5.74, 6) is -0.754. The molecule has 0 heterocycles. The molecule has 0 unspecified atom stereocenters. The van der Waals surface area contributed by atoms with E-state index in [0.717, 1.165) is 0 Å². The maximum absolute atomic E-state index is 10.9. The molecule has 1 atom stereocenters. The molecular formula is C7H13ClN2O3. The fraction of sp³-hybridized carbons (Fsp3) is 0.714.